The molecule has 1 atom stereocenters. The minimum atomic E-state index is -6.58. The summed E-state index contributed by atoms with van der Waals surface area (Å²) in [6.07, 6.45) is -6.58. The number of hydrogen-bond donors (Lipinski definition) is 0. The van der Waals surface area contributed by atoms with Gasteiger partial charge in [0.05, 0.1) is 16.7 Å². The number of alkyl halides is 7. The van der Waals surface area contributed by atoms with Gasteiger partial charge in [0, 0.05) is 30.2 Å². The van der Waals surface area contributed by atoms with Crippen molar-refractivity contribution in [3.05, 3.63) is 48.9 Å². The fourth-order valence-corrected chi connectivity index (χ4v) is 5.50. The molecule has 0 aliphatic carbocycles. The van der Waals surface area contributed by atoms with Crippen LogP contribution in [0.2, 0.25) is 0 Å². The lowest BCUT2D eigenvalue weighted by Crippen LogP contribution is -2.56. The number of benzene rings is 2. The zero-order valence-corrected chi connectivity index (χ0v) is 18.6. The third kappa shape index (κ3) is 4.28. The van der Waals surface area contributed by atoms with E-state index in [0.717, 1.165) is 6.07 Å². The van der Waals surface area contributed by atoms with Crippen LogP contribution in [0, 0.1) is 9.64 Å². The first kappa shape index (κ1) is 23.2. The van der Waals surface area contributed by atoms with Gasteiger partial charge in [0.2, 0.25) is 0 Å². The molecule has 1 unspecified atom stereocenters. The molecule has 0 heterocycles. The molecule has 0 fully saturated rings. The monoisotopic (exact) mass is 651 g/mol. The zero-order chi connectivity index (χ0) is 20.8. The largest absolute Gasteiger partial charge is 0.606 e. The molecular formula is C15H5Br2F7IOS. The lowest BCUT2D eigenvalue weighted by molar-refractivity contribution is -0.332. The van der Waals surface area contributed by atoms with E-state index >= 15 is 0 Å². The molecule has 0 saturated carbocycles. The fourth-order valence-electron chi connectivity index (χ4n) is 1.98. The van der Waals surface area contributed by atoms with E-state index in [2.05, 4.69) is 37.9 Å². The first-order valence-corrected chi connectivity index (χ1v) is 10.4. The molecule has 2 aromatic rings. The number of rotatable bonds is 4. The first-order valence-electron chi connectivity index (χ1n) is 6.62. The fraction of sp³-hybridized carbons (Fsp3) is 0.200. The molecule has 0 aliphatic rings. The molecule has 0 bridgehead atoms. The molecule has 0 aliphatic heterocycles. The Morgan fingerprint density at radius 2 is 1.56 bits per heavy atom. The van der Waals surface area contributed by atoms with Crippen LogP contribution >= 0.6 is 54.5 Å². The van der Waals surface area contributed by atoms with Gasteiger partial charge in [-0.05, 0) is 60.5 Å². The maximum absolute atomic E-state index is 14.0. The summed E-state index contributed by atoms with van der Waals surface area (Å²) in [5.41, 5.74) is -0.0117. The smallest absolute Gasteiger partial charge is 0.486 e. The molecule has 0 aromatic heterocycles. The molecule has 2 aromatic carbocycles. The summed E-state index contributed by atoms with van der Waals surface area (Å²) in [7, 11) is 0. The molecule has 0 spiro atoms. The summed E-state index contributed by atoms with van der Waals surface area (Å²) in [6.45, 7) is 0. The SMILES string of the molecule is [O-][S+](c1cc(Br)[c]c(Br)c1-c1ccccc1I)C(F)(F)C(F)(F)C(F)(F)F. The minimum Gasteiger partial charge on any atom is -0.606 e. The van der Waals surface area contributed by atoms with Crippen LogP contribution in [0.3, 0.4) is 0 Å². The van der Waals surface area contributed by atoms with Crippen molar-refractivity contribution in [3.63, 3.8) is 0 Å². The van der Waals surface area contributed by atoms with Gasteiger partial charge < -0.3 is 4.55 Å². The molecule has 12 heteroatoms. The van der Waals surface area contributed by atoms with Gasteiger partial charge in [0.15, 0.2) is 4.90 Å². The Labute approximate surface area is 182 Å². The minimum absolute atomic E-state index is 0.0320. The van der Waals surface area contributed by atoms with Gasteiger partial charge in [-0.2, -0.15) is 22.0 Å². The predicted molar refractivity (Wildman–Crippen MR) is 101 cm³/mol. The lowest BCUT2D eigenvalue weighted by atomic mass is 10.1. The van der Waals surface area contributed by atoms with Crippen LogP contribution in [0.4, 0.5) is 30.7 Å². The van der Waals surface area contributed by atoms with E-state index in [9.17, 15) is 35.3 Å². The second kappa shape index (κ2) is 8.00. The van der Waals surface area contributed by atoms with Gasteiger partial charge in [-0.1, -0.05) is 18.2 Å². The van der Waals surface area contributed by atoms with Gasteiger partial charge in [-0.25, -0.2) is 0 Å². The standard InChI is InChI=1S/C15H5Br2F7IOS/c16-7-5-9(17)12(8-3-1-2-4-10(8)25)11(6-7)27(26)15(23,24)13(18,19)14(20,21)22/h1-4,6H. The van der Waals surface area contributed by atoms with Crippen molar-refractivity contribution >= 4 is 65.6 Å². The Kier molecular flexibility index (Phi) is 6.88. The van der Waals surface area contributed by atoms with Crippen LogP contribution in [0.25, 0.3) is 11.1 Å². The Morgan fingerprint density at radius 3 is 2.07 bits per heavy atom. The second-order valence-electron chi connectivity index (χ2n) is 5.01. The molecule has 0 amide bonds. The van der Waals surface area contributed by atoms with E-state index in [0.29, 0.717) is 3.57 Å². The molecule has 27 heavy (non-hydrogen) atoms. The molecule has 0 N–H and O–H groups in total. The average Bonchev–Trinajstić information content (AvgIpc) is 2.53. The summed E-state index contributed by atoms with van der Waals surface area (Å²) >= 11 is 3.68. The Hall–Kier alpha value is -0.0500. The molecule has 2 rings (SSSR count). The van der Waals surface area contributed by atoms with Crippen molar-refractivity contribution in [1.29, 1.82) is 0 Å². The van der Waals surface area contributed by atoms with Crippen LogP contribution in [0.1, 0.15) is 0 Å². The highest BCUT2D eigenvalue weighted by atomic mass is 127. The van der Waals surface area contributed by atoms with Gasteiger partial charge in [0.1, 0.15) is 0 Å². The van der Waals surface area contributed by atoms with Crippen molar-refractivity contribution in [1.82, 2.24) is 0 Å². The quantitative estimate of drug-likeness (QED) is 0.195. The van der Waals surface area contributed by atoms with Crippen molar-refractivity contribution < 1.29 is 35.3 Å². The summed E-state index contributed by atoms with van der Waals surface area (Å²) in [5, 5.41) is -5.90. The van der Waals surface area contributed by atoms with E-state index in [1.54, 1.807) is 12.1 Å². The predicted octanol–water partition coefficient (Wildman–Crippen LogP) is 7.18. The summed E-state index contributed by atoms with van der Waals surface area (Å²) in [6, 6.07) is 9.48. The Morgan fingerprint density at radius 1 is 1.00 bits per heavy atom. The summed E-state index contributed by atoms with van der Waals surface area (Å²) < 4.78 is 105. The van der Waals surface area contributed by atoms with Crippen LogP contribution < -0.4 is 0 Å². The van der Waals surface area contributed by atoms with Crippen molar-refractivity contribution in [2.75, 3.05) is 0 Å². The van der Waals surface area contributed by atoms with Gasteiger partial charge in [-0.15, -0.1) is 8.78 Å². The van der Waals surface area contributed by atoms with Gasteiger partial charge >= 0.3 is 17.4 Å². The normalized spacial score (nSPS) is 14.3. The van der Waals surface area contributed by atoms with Crippen molar-refractivity contribution in [2.45, 2.75) is 22.2 Å². The number of halogens is 10. The van der Waals surface area contributed by atoms with E-state index in [1.807, 2.05) is 22.6 Å². The van der Waals surface area contributed by atoms with E-state index in [4.69, 9.17) is 0 Å². The highest BCUT2D eigenvalue weighted by Crippen LogP contribution is 2.52. The summed E-state index contributed by atoms with van der Waals surface area (Å²) in [5.74, 6) is -6.50. The van der Waals surface area contributed by atoms with Crippen LogP contribution in [-0.4, -0.2) is 21.9 Å². The lowest BCUT2D eigenvalue weighted by Gasteiger charge is -2.29. The second-order valence-corrected chi connectivity index (χ2v) is 9.31. The van der Waals surface area contributed by atoms with Crippen molar-refractivity contribution in [2.24, 2.45) is 0 Å². The Bertz CT molecular complexity index is 861. The highest BCUT2D eigenvalue weighted by Gasteiger charge is 2.80. The van der Waals surface area contributed by atoms with Crippen LogP contribution in [-0.2, 0) is 11.2 Å². The van der Waals surface area contributed by atoms with Gasteiger partial charge in [-0.3, -0.25) is 0 Å². The molecular weight excluding hydrogens is 648 g/mol. The third-order valence-corrected chi connectivity index (χ3v) is 6.66. The van der Waals surface area contributed by atoms with Crippen molar-refractivity contribution in [3.8, 4) is 11.1 Å². The first-order chi connectivity index (χ1) is 12.2. The van der Waals surface area contributed by atoms with E-state index in [-0.39, 0.29) is 20.1 Å². The molecule has 1 radical (unpaired) electrons. The Balaban J connectivity index is 2.74. The summed E-state index contributed by atoms with van der Waals surface area (Å²) in [4.78, 5) is -0.898. The maximum atomic E-state index is 14.0. The average molecular weight is 653 g/mol. The van der Waals surface area contributed by atoms with E-state index in [1.165, 1.54) is 12.1 Å². The maximum Gasteiger partial charge on any atom is 0.486 e. The number of hydrogen-bond acceptors (Lipinski definition) is 1. The molecule has 0 saturated heterocycles. The highest BCUT2D eigenvalue weighted by molar-refractivity contribution is 14.1. The van der Waals surface area contributed by atoms with Crippen LogP contribution in [0.5, 0.6) is 0 Å². The van der Waals surface area contributed by atoms with E-state index < -0.39 is 33.4 Å². The molecule has 147 valence electrons. The zero-order valence-electron chi connectivity index (χ0n) is 12.5. The molecule has 1 nitrogen and oxygen atoms in total. The topological polar surface area (TPSA) is 23.1 Å². The van der Waals surface area contributed by atoms with Gasteiger partial charge in [0.25, 0.3) is 0 Å². The van der Waals surface area contributed by atoms with Crippen LogP contribution in [0.15, 0.2) is 44.2 Å². The third-order valence-electron chi connectivity index (χ3n) is 3.25.